The zero-order valence-corrected chi connectivity index (χ0v) is 14.9. The second-order valence-corrected chi connectivity index (χ2v) is 8.24. The molecule has 2 heterocycles. The van der Waals surface area contributed by atoms with Crippen molar-refractivity contribution in [1.82, 2.24) is 9.80 Å². The Bertz CT molecular complexity index is 689. The summed E-state index contributed by atoms with van der Waals surface area (Å²) in [6.45, 7) is 4.66. The van der Waals surface area contributed by atoms with Crippen LogP contribution in [0.5, 0.6) is 0 Å². The summed E-state index contributed by atoms with van der Waals surface area (Å²) in [5, 5.41) is 0. The lowest BCUT2D eigenvalue weighted by molar-refractivity contribution is -0.140. The highest BCUT2D eigenvalue weighted by Crippen LogP contribution is 2.42. The van der Waals surface area contributed by atoms with Gasteiger partial charge in [0.15, 0.2) is 11.6 Å². The summed E-state index contributed by atoms with van der Waals surface area (Å²) in [4.78, 5) is 16.6. The lowest BCUT2D eigenvalue weighted by Crippen LogP contribution is -2.54. The van der Waals surface area contributed by atoms with E-state index in [4.69, 9.17) is 0 Å². The summed E-state index contributed by atoms with van der Waals surface area (Å²) in [5.41, 5.74) is 0.919. The predicted molar refractivity (Wildman–Crippen MR) is 92.0 cm³/mol. The summed E-state index contributed by atoms with van der Waals surface area (Å²) in [7, 11) is 0. The molecule has 3 aliphatic rings. The highest BCUT2D eigenvalue weighted by Gasteiger charge is 2.45. The molecule has 3 fully saturated rings. The zero-order valence-electron chi connectivity index (χ0n) is 14.9. The minimum atomic E-state index is -0.729. The molecule has 0 bridgehead atoms. The Labute approximate surface area is 148 Å². The first kappa shape index (κ1) is 17.0. The fourth-order valence-corrected chi connectivity index (χ4v) is 4.59. The van der Waals surface area contributed by atoms with Crippen LogP contribution in [0, 0.1) is 24.0 Å². The molecule has 0 N–H and O–H groups in total. The van der Waals surface area contributed by atoms with Crippen LogP contribution < -0.4 is 0 Å². The Morgan fingerprint density at radius 3 is 2.72 bits per heavy atom. The first-order valence-corrected chi connectivity index (χ1v) is 9.43. The van der Waals surface area contributed by atoms with E-state index < -0.39 is 11.6 Å². The number of hydrogen-bond donors (Lipinski definition) is 0. The van der Waals surface area contributed by atoms with Gasteiger partial charge in [-0.3, -0.25) is 9.69 Å². The lowest BCUT2D eigenvalue weighted by Gasteiger charge is -2.48. The van der Waals surface area contributed by atoms with Gasteiger partial charge in [-0.25, -0.2) is 8.78 Å². The molecule has 4 rings (SSSR count). The van der Waals surface area contributed by atoms with Crippen LogP contribution in [0.15, 0.2) is 12.1 Å². The number of carbonyl (C=O) groups is 1. The number of benzene rings is 1. The molecule has 0 aromatic heterocycles. The van der Waals surface area contributed by atoms with Gasteiger partial charge in [0, 0.05) is 43.1 Å². The van der Waals surface area contributed by atoms with Crippen molar-refractivity contribution >= 4 is 5.91 Å². The molecule has 5 heteroatoms. The molecular weight excluding hydrogens is 322 g/mol. The van der Waals surface area contributed by atoms with Crippen molar-refractivity contribution in [2.24, 2.45) is 5.41 Å². The zero-order chi connectivity index (χ0) is 17.6. The van der Waals surface area contributed by atoms with Crippen molar-refractivity contribution in [3.63, 3.8) is 0 Å². The molecule has 2 saturated heterocycles. The highest BCUT2D eigenvalue weighted by atomic mass is 19.2. The standard InChI is InChI=1S/C20H26F2N2O/c1-14-3-4-15(19(22)18(14)21)11-23-10-2-8-20(12-23)9-7-17(25)24(13-20)16-5-6-16/h3-4,16H,2,5-13H2,1H3/t20-/m0/s1. The summed E-state index contributed by atoms with van der Waals surface area (Å²) in [5.74, 6) is -1.14. The van der Waals surface area contributed by atoms with Crippen molar-refractivity contribution in [3.05, 3.63) is 34.9 Å². The van der Waals surface area contributed by atoms with E-state index in [9.17, 15) is 13.6 Å². The molecule has 0 radical (unpaired) electrons. The number of carbonyl (C=O) groups excluding carboxylic acids is 1. The largest absolute Gasteiger partial charge is 0.339 e. The Kier molecular flexibility index (Phi) is 4.30. The van der Waals surface area contributed by atoms with Crippen LogP contribution >= 0.6 is 0 Å². The van der Waals surface area contributed by atoms with Crippen molar-refractivity contribution in [3.8, 4) is 0 Å². The van der Waals surface area contributed by atoms with Gasteiger partial charge in [-0.1, -0.05) is 12.1 Å². The summed E-state index contributed by atoms with van der Waals surface area (Å²) >= 11 is 0. The molecule has 1 atom stereocenters. The maximum Gasteiger partial charge on any atom is 0.222 e. The molecule has 0 unspecified atom stereocenters. The quantitative estimate of drug-likeness (QED) is 0.833. The topological polar surface area (TPSA) is 23.6 Å². The number of nitrogens with zero attached hydrogens (tertiary/aromatic N) is 2. The van der Waals surface area contributed by atoms with Gasteiger partial charge < -0.3 is 4.90 Å². The SMILES string of the molecule is Cc1ccc(CN2CCC[C@]3(CCC(=O)N(C4CC4)C3)C2)c(F)c1F. The van der Waals surface area contributed by atoms with Crippen LogP contribution in [0.25, 0.3) is 0 Å². The van der Waals surface area contributed by atoms with Crippen LogP contribution in [0.2, 0.25) is 0 Å². The molecule has 1 aromatic rings. The maximum absolute atomic E-state index is 14.2. The van der Waals surface area contributed by atoms with Gasteiger partial charge in [-0.15, -0.1) is 0 Å². The van der Waals surface area contributed by atoms with Crippen LogP contribution in [-0.4, -0.2) is 41.4 Å². The van der Waals surface area contributed by atoms with Crippen molar-refractivity contribution in [2.45, 2.75) is 58.0 Å². The normalized spacial score (nSPS) is 28.0. The third kappa shape index (κ3) is 3.31. The number of hydrogen-bond acceptors (Lipinski definition) is 2. The van der Waals surface area contributed by atoms with Crippen LogP contribution in [0.4, 0.5) is 8.78 Å². The molecule has 1 amide bonds. The van der Waals surface area contributed by atoms with Crippen LogP contribution in [0.1, 0.15) is 49.7 Å². The van der Waals surface area contributed by atoms with E-state index in [1.165, 1.54) is 0 Å². The first-order valence-electron chi connectivity index (χ1n) is 9.43. The Balaban J connectivity index is 1.48. The average molecular weight is 348 g/mol. The van der Waals surface area contributed by atoms with Gasteiger partial charge in [0.25, 0.3) is 0 Å². The van der Waals surface area contributed by atoms with Gasteiger partial charge in [0.05, 0.1) is 0 Å². The second-order valence-electron chi connectivity index (χ2n) is 8.24. The Morgan fingerprint density at radius 1 is 1.16 bits per heavy atom. The van der Waals surface area contributed by atoms with Gasteiger partial charge in [0.1, 0.15) is 0 Å². The third-order valence-electron chi connectivity index (χ3n) is 6.17. The molecule has 1 aliphatic carbocycles. The Morgan fingerprint density at radius 2 is 1.96 bits per heavy atom. The van der Waals surface area contributed by atoms with Gasteiger partial charge >= 0.3 is 0 Å². The molecule has 25 heavy (non-hydrogen) atoms. The van der Waals surface area contributed by atoms with Crippen LogP contribution in [0.3, 0.4) is 0 Å². The van der Waals surface area contributed by atoms with Gasteiger partial charge in [0.2, 0.25) is 5.91 Å². The molecule has 3 nitrogen and oxygen atoms in total. The highest BCUT2D eigenvalue weighted by molar-refractivity contribution is 5.78. The lowest BCUT2D eigenvalue weighted by atomic mass is 9.73. The van der Waals surface area contributed by atoms with E-state index in [-0.39, 0.29) is 5.41 Å². The fourth-order valence-electron chi connectivity index (χ4n) is 4.59. The van der Waals surface area contributed by atoms with E-state index in [0.717, 1.165) is 51.7 Å². The van der Waals surface area contributed by atoms with Gasteiger partial charge in [-0.2, -0.15) is 0 Å². The van der Waals surface area contributed by atoms with E-state index in [1.807, 2.05) is 0 Å². The van der Waals surface area contributed by atoms with Crippen LogP contribution in [-0.2, 0) is 11.3 Å². The summed E-state index contributed by atoms with van der Waals surface area (Å²) in [6.07, 6.45) is 6.03. The molecule has 1 saturated carbocycles. The maximum atomic E-state index is 14.2. The number of aryl methyl sites for hydroxylation is 1. The van der Waals surface area contributed by atoms with Crippen molar-refractivity contribution in [1.29, 1.82) is 0 Å². The van der Waals surface area contributed by atoms with Gasteiger partial charge in [-0.05, 0) is 51.1 Å². The minimum absolute atomic E-state index is 0.133. The molecule has 1 spiro atoms. The molecule has 1 aromatic carbocycles. The smallest absolute Gasteiger partial charge is 0.222 e. The monoisotopic (exact) mass is 348 g/mol. The summed E-state index contributed by atoms with van der Waals surface area (Å²) in [6, 6.07) is 3.82. The minimum Gasteiger partial charge on any atom is -0.339 e. The van der Waals surface area contributed by atoms with Crippen molar-refractivity contribution < 1.29 is 13.6 Å². The van der Waals surface area contributed by atoms with E-state index in [2.05, 4.69) is 9.80 Å². The number of rotatable bonds is 3. The molecule has 2 aliphatic heterocycles. The third-order valence-corrected chi connectivity index (χ3v) is 6.17. The number of halogens is 2. The first-order chi connectivity index (χ1) is 12.0. The Hall–Kier alpha value is -1.49. The fraction of sp³-hybridized carbons (Fsp3) is 0.650. The number of likely N-dealkylation sites (tertiary alicyclic amines) is 2. The molecular formula is C20H26F2N2O. The molecule has 136 valence electrons. The van der Waals surface area contributed by atoms with E-state index in [0.29, 0.717) is 36.0 Å². The second kappa shape index (κ2) is 6.35. The van der Waals surface area contributed by atoms with E-state index >= 15 is 0 Å². The number of piperidine rings is 2. The average Bonchev–Trinajstić information content (AvgIpc) is 3.43. The van der Waals surface area contributed by atoms with Crippen molar-refractivity contribution in [2.75, 3.05) is 19.6 Å². The predicted octanol–water partition coefficient (Wildman–Crippen LogP) is 3.64. The summed E-state index contributed by atoms with van der Waals surface area (Å²) < 4.78 is 28.1. The van der Waals surface area contributed by atoms with E-state index in [1.54, 1.807) is 19.1 Å². The number of amides is 1.